The summed E-state index contributed by atoms with van der Waals surface area (Å²) in [6, 6.07) is 16.1. The van der Waals surface area contributed by atoms with Crippen LogP contribution in [0.1, 0.15) is 23.7 Å². The highest BCUT2D eigenvalue weighted by Gasteiger charge is 2.13. The highest BCUT2D eigenvalue weighted by atomic mass is 79.9. The van der Waals surface area contributed by atoms with E-state index >= 15 is 0 Å². The van der Waals surface area contributed by atoms with Crippen molar-refractivity contribution in [1.29, 1.82) is 0 Å². The fourth-order valence-electron chi connectivity index (χ4n) is 2.74. The van der Waals surface area contributed by atoms with Gasteiger partial charge in [-0.25, -0.2) is 0 Å². The van der Waals surface area contributed by atoms with Crippen molar-refractivity contribution in [3.05, 3.63) is 69.7 Å². The monoisotopic (exact) mass is 489 g/mol. The molecule has 0 aliphatic carbocycles. The predicted molar refractivity (Wildman–Crippen MR) is 126 cm³/mol. The molecule has 3 rings (SSSR count). The van der Waals surface area contributed by atoms with Crippen LogP contribution in [-0.4, -0.2) is 16.9 Å². The van der Waals surface area contributed by atoms with E-state index in [0.29, 0.717) is 28.4 Å². The Balaban J connectivity index is 1.76. The van der Waals surface area contributed by atoms with Gasteiger partial charge in [-0.3, -0.25) is 14.9 Å². The molecule has 3 aromatic carbocycles. The van der Waals surface area contributed by atoms with Crippen LogP contribution in [-0.2, 0) is 4.79 Å². The Morgan fingerprint density at radius 2 is 1.76 bits per heavy atom. The minimum absolute atomic E-state index is 0.0999. The fraction of sp³-hybridized carbons (Fsp3) is 0.0952. The van der Waals surface area contributed by atoms with Crippen LogP contribution in [0, 0.1) is 0 Å². The smallest absolute Gasteiger partial charge is 0.258 e. The zero-order chi connectivity index (χ0) is 21.0. The molecule has 3 aromatic rings. The Morgan fingerprint density at radius 1 is 1.03 bits per heavy atom. The first-order valence-electron chi connectivity index (χ1n) is 8.78. The van der Waals surface area contributed by atoms with E-state index in [0.717, 1.165) is 15.2 Å². The molecule has 0 radical (unpaired) electrons. The van der Waals surface area contributed by atoms with Crippen LogP contribution in [0.2, 0.25) is 5.02 Å². The van der Waals surface area contributed by atoms with Crippen molar-refractivity contribution in [2.45, 2.75) is 13.3 Å². The molecule has 0 aliphatic rings. The number of carbonyl (C=O) groups excluding carboxylic acids is 2. The molecule has 0 saturated heterocycles. The van der Waals surface area contributed by atoms with Crippen molar-refractivity contribution in [3.63, 3.8) is 0 Å². The second-order valence-electron chi connectivity index (χ2n) is 6.15. The van der Waals surface area contributed by atoms with Crippen LogP contribution in [0.25, 0.3) is 10.8 Å². The Bertz CT molecular complexity index is 1120. The number of hydrogen-bond donors (Lipinski definition) is 3. The van der Waals surface area contributed by atoms with Crippen molar-refractivity contribution >= 4 is 78.8 Å². The molecule has 0 aromatic heterocycles. The number of thiocarbonyl (C=S) groups is 1. The van der Waals surface area contributed by atoms with Crippen molar-refractivity contribution in [2.75, 3.05) is 10.6 Å². The van der Waals surface area contributed by atoms with Gasteiger partial charge in [0.2, 0.25) is 5.91 Å². The Morgan fingerprint density at radius 3 is 2.52 bits per heavy atom. The number of nitrogens with one attached hydrogen (secondary N) is 3. The van der Waals surface area contributed by atoms with Crippen LogP contribution in [0.15, 0.2) is 59.1 Å². The van der Waals surface area contributed by atoms with Gasteiger partial charge < -0.3 is 10.6 Å². The molecule has 8 heteroatoms. The van der Waals surface area contributed by atoms with Gasteiger partial charge in [-0.2, -0.15) is 0 Å². The third-order valence-electron chi connectivity index (χ3n) is 4.16. The molecule has 29 heavy (non-hydrogen) atoms. The fourth-order valence-corrected chi connectivity index (χ4v) is 3.61. The molecule has 2 amide bonds. The summed E-state index contributed by atoms with van der Waals surface area (Å²) in [6.45, 7) is 1.76. The van der Waals surface area contributed by atoms with Gasteiger partial charge >= 0.3 is 0 Å². The Hall–Kier alpha value is -2.48. The van der Waals surface area contributed by atoms with Gasteiger partial charge in [0, 0.05) is 22.1 Å². The van der Waals surface area contributed by atoms with Gasteiger partial charge in [-0.15, -0.1) is 0 Å². The number of halogens is 2. The maximum Gasteiger partial charge on any atom is 0.258 e. The normalized spacial score (nSPS) is 10.4. The topological polar surface area (TPSA) is 70.2 Å². The second kappa shape index (κ2) is 9.35. The van der Waals surface area contributed by atoms with E-state index in [1.807, 2.05) is 30.3 Å². The zero-order valence-corrected chi connectivity index (χ0v) is 18.5. The van der Waals surface area contributed by atoms with E-state index in [-0.39, 0.29) is 16.9 Å². The Kier molecular flexibility index (Phi) is 6.84. The second-order valence-corrected chi connectivity index (χ2v) is 7.81. The van der Waals surface area contributed by atoms with Gasteiger partial charge in [0.05, 0.1) is 10.7 Å². The summed E-state index contributed by atoms with van der Waals surface area (Å²) < 4.78 is 0.906. The van der Waals surface area contributed by atoms with E-state index in [1.54, 1.807) is 31.2 Å². The van der Waals surface area contributed by atoms with Gasteiger partial charge in [0.25, 0.3) is 5.91 Å². The van der Waals surface area contributed by atoms with Gasteiger partial charge in [-0.05, 0) is 53.3 Å². The minimum atomic E-state index is -0.335. The summed E-state index contributed by atoms with van der Waals surface area (Å²) >= 11 is 15.0. The number of fused-ring (bicyclic) bond motifs is 1. The van der Waals surface area contributed by atoms with E-state index in [9.17, 15) is 9.59 Å². The molecule has 5 nitrogen and oxygen atoms in total. The summed E-state index contributed by atoms with van der Waals surface area (Å²) in [5.74, 6) is -0.450. The van der Waals surface area contributed by atoms with Crippen LogP contribution in [0.3, 0.4) is 0 Å². The van der Waals surface area contributed by atoms with Gasteiger partial charge in [0.1, 0.15) is 0 Å². The largest absolute Gasteiger partial charge is 0.331 e. The van der Waals surface area contributed by atoms with Crippen LogP contribution in [0.4, 0.5) is 11.4 Å². The first-order chi connectivity index (χ1) is 13.9. The summed E-state index contributed by atoms with van der Waals surface area (Å²) in [7, 11) is 0. The Labute approximate surface area is 186 Å². The lowest BCUT2D eigenvalue weighted by molar-refractivity contribution is -0.115. The number of hydrogen-bond acceptors (Lipinski definition) is 3. The van der Waals surface area contributed by atoms with E-state index < -0.39 is 0 Å². The minimum Gasteiger partial charge on any atom is -0.331 e. The third-order valence-corrected chi connectivity index (χ3v) is 5.39. The summed E-state index contributed by atoms with van der Waals surface area (Å²) in [5, 5.41) is 10.6. The maximum atomic E-state index is 12.8. The number of carbonyl (C=O) groups is 2. The standard InChI is InChI=1S/C21H17BrClN3O2S/c1-2-19(27)24-12-9-10-17(23)18(11-12)25-21(29)26-20(28)15-7-3-6-14-13(15)5-4-8-16(14)22/h3-11H,2H2,1H3,(H,24,27)(H2,25,26,28,29). The first kappa shape index (κ1) is 21.2. The van der Waals surface area contributed by atoms with Crippen molar-refractivity contribution in [3.8, 4) is 0 Å². The molecular formula is C21H17BrClN3O2S. The molecule has 0 bridgehead atoms. The van der Waals surface area contributed by atoms with Gasteiger partial charge in [-0.1, -0.05) is 58.7 Å². The molecule has 3 N–H and O–H groups in total. The van der Waals surface area contributed by atoms with Gasteiger partial charge in [0.15, 0.2) is 5.11 Å². The number of amides is 2. The zero-order valence-electron chi connectivity index (χ0n) is 15.4. The van der Waals surface area contributed by atoms with Crippen LogP contribution in [0.5, 0.6) is 0 Å². The van der Waals surface area contributed by atoms with Crippen LogP contribution < -0.4 is 16.0 Å². The molecule has 0 atom stereocenters. The average molecular weight is 491 g/mol. The molecular weight excluding hydrogens is 474 g/mol. The SMILES string of the molecule is CCC(=O)Nc1ccc(Cl)c(NC(=S)NC(=O)c2cccc3c(Br)cccc23)c1. The molecule has 0 heterocycles. The number of rotatable bonds is 4. The third kappa shape index (κ3) is 5.12. The van der Waals surface area contributed by atoms with E-state index in [2.05, 4.69) is 31.9 Å². The molecule has 0 saturated carbocycles. The quantitative estimate of drug-likeness (QED) is 0.408. The highest BCUT2D eigenvalue weighted by molar-refractivity contribution is 9.10. The van der Waals surface area contributed by atoms with E-state index in [1.165, 1.54) is 0 Å². The van der Waals surface area contributed by atoms with Crippen molar-refractivity contribution in [2.24, 2.45) is 0 Å². The summed E-state index contributed by atoms with van der Waals surface area (Å²) in [5.41, 5.74) is 1.56. The average Bonchev–Trinajstić information content (AvgIpc) is 2.70. The maximum absolute atomic E-state index is 12.8. The van der Waals surface area contributed by atoms with Crippen LogP contribution >= 0.6 is 39.7 Å². The summed E-state index contributed by atoms with van der Waals surface area (Å²) in [4.78, 5) is 24.3. The number of benzene rings is 3. The molecule has 0 unspecified atom stereocenters. The molecule has 148 valence electrons. The first-order valence-corrected chi connectivity index (χ1v) is 10.4. The lowest BCUT2D eigenvalue weighted by Gasteiger charge is -2.13. The molecule has 0 aliphatic heterocycles. The lowest BCUT2D eigenvalue weighted by Crippen LogP contribution is -2.34. The lowest BCUT2D eigenvalue weighted by atomic mass is 10.0. The molecule has 0 spiro atoms. The summed E-state index contributed by atoms with van der Waals surface area (Å²) in [6.07, 6.45) is 0.362. The van der Waals surface area contributed by atoms with Crippen molar-refractivity contribution < 1.29 is 9.59 Å². The molecule has 0 fully saturated rings. The highest BCUT2D eigenvalue weighted by Crippen LogP contribution is 2.27. The predicted octanol–water partition coefficient (Wildman–Crippen LogP) is 5.73. The number of anilines is 2. The van der Waals surface area contributed by atoms with Crippen molar-refractivity contribution in [1.82, 2.24) is 5.32 Å². The van der Waals surface area contributed by atoms with E-state index in [4.69, 9.17) is 23.8 Å².